The van der Waals surface area contributed by atoms with E-state index in [0.717, 1.165) is 65.5 Å². The number of benzene rings is 2. The number of morpholine rings is 1. The molecule has 0 spiro atoms. The van der Waals surface area contributed by atoms with Gasteiger partial charge in [0.15, 0.2) is 5.78 Å². The van der Waals surface area contributed by atoms with Gasteiger partial charge in [-0.05, 0) is 42.0 Å². The zero-order chi connectivity index (χ0) is 22.6. The van der Waals surface area contributed by atoms with E-state index in [1.165, 1.54) is 6.08 Å². The number of ether oxygens (including phenoxy) is 1. The summed E-state index contributed by atoms with van der Waals surface area (Å²) in [6.07, 6.45) is 3.53. The molecule has 1 saturated heterocycles. The molecule has 3 heterocycles. The van der Waals surface area contributed by atoms with Crippen LogP contribution in [0.2, 0.25) is 0 Å². The van der Waals surface area contributed by atoms with Crippen molar-refractivity contribution in [2.45, 2.75) is 6.42 Å². The molecule has 0 amide bonds. The molecule has 1 fully saturated rings. The number of nitrogens with one attached hydrogen (secondary N) is 2. The third kappa shape index (κ3) is 4.63. The van der Waals surface area contributed by atoms with Gasteiger partial charge in [0.05, 0.1) is 18.9 Å². The standard InChI is InChI=1S/C26H25N5O2/c1-2-22(32)16-18-5-3-6-19(15-18)24-23-9-10-27-25(23)30-26(29-24)28-20-7-4-8-21(17-20)31-11-13-33-14-12-31/h2-10,15,17H,1,11-14,16H2,(H2,27,28,29,30). The van der Waals surface area contributed by atoms with Gasteiger partial charge in [0.1, 0.15) is 5.65 Å². The summed E-state index contributed by atoms with van der Waals surface area (Å²) < 4.78 is 5.47. The van der Waals surface area contributed by atoms with E-state index in [-0.39, 0.29) is 5.78 Å². The van der Waals surface area contributed by atoms with E-state index in [1.807, 2.05) is 48.7 Å². The van der Waals surface area contributed by atoms with Gasteiger partial charge in [-0.1, -0.05) is 30.8 Å². The average molecular weight is 440 g/mol. The molecule has 2 N–H and O–H groups in total. The lowest BCUT2D eigenvalue weighted by Gasteiger charge is -2.29. The van der Waals surface area contributed by atoms with Crippen LogP contribution >= 0.6 is 0 Å². The van der Waals surface area contributed by atoms with E-state index in [0.29, 0.717) is 12.4 Å². The van der Waals surface area contributed by atoms with Crippen LogP contribution in [-0.2, 0) is 16.0 Å². The van der Waals surface area contributed by atoms with Gasteiger partial charge in [-0.25, -0.2) is 4.98 Å². The van der Waals surface area contributed by atoms with Crippen molar-refractivity contribution in [1.29, 1.82) is 0 Å². The SMILES string of the molecule is C=CC(=O)Cc1cccc(-c2nc(Nc3cccc(N4CCOCC4)c3)nc3[nH]ccc23)c1. The highest BCUT2D eigenvalue weighted by Gasteiger charge is 2.14. The van der Waals surface area contributed by atoms with Crippen LogP contribution in [0.15, 0.2) is 73.4 Å². The molecule has 2 aromatic carbocycles. The second kappa shape index (κ2) is 9.26. The fourth-order valence-corrected chi connectivity index (χ4v) is 4.05. The lowest BCUT2D eigenvalue weighted by Crippen LogP contribution is -2.36. The van der Waals surface area contributed by atoms with Crippen LogP contribution in [0.5, 0.6) is 0 Å². The Kier molecular flexibility index (Phi) is 5.87. The second-order valence-corrected chi connectivity index (χ2v) is 7.96. The smallest absolute Gasteiger partial charge is 0.229 e. The Balaban J connectivity index is 1.47. The summed E-state index contributed by atoms with van der Waals surface area (Å²) in [7, 11) is 0. The summed E-state index contributed by atoms with van der Waals surface area (Å²) in [6, 6.07) is 18.1. The first-order valence-electron chi connectivity index (χ1n) is 11.0. The number of carbonyl (C=O) groups is 1. The van der Waals surface area contributed by atoms with Crippen molar-refractivity contribution in [2.24, 2.45) is 0 Å². The number of rotatable bonds is 7. The van der Waals surface area contributed by atoms with Gasteiger partial charge < -0.3 is 19.9 Å². The zero-order valence-electron chi connectivity index (χ0n) is 18.3. The maximum absolute atomic E-state index is 11.8. The molecule has 0 radical (unpaired) electrons. The van der Waals surface area contributed by atoms with Crippen molar-refractivity contribution < 1.29 is 9.53 Å². The van der Waals surface area contributed by atoms with E-state index in [4.69, 9.17) is 9.72 Å². The lowest BCUT2D eigenvalue weighted by atomic mass is 10.0. The summed E-state index contributed by atoms with van der Waals surface area (Å²) >= 11 is 0. The molecule has 7 heteroatoms. The molecule has 2 aromatic heterocycles. The highest BCUT2D eigenvalue weighted by Crippen LogP contribution is 2.29. The average Bonchev–Trinajstić information content (AvgIpc) is 3.33. The Morgan fingerprint density at radius 1 is 1.12 bits per heavy atom. The topological polar surface area (TPSA) is 83.1 Å². The minimum absolute atomic E-state index is 0.0101. The largest absolute Gasteiger partial charge is 0.378 e. The maximum atomic E-state index is 11.8. The number of fused-ring (bicyclic) bond motifs is 1. The van der Waals surface area contributed by atoms with Crippen LogP contribution in [0.1, 0.15) is 5.56 Å². The second-order valence-electron chi connectivity index (χ2n) is 7.96. The summed E-state index contributed by atoms with van der Waals surface area (Å²) in [5, 5.41) is 4.29. The molecule has 0 aliphatic carbocycles. The Morgan fingerprint density at radius 3 is 2.82 bits per heavy atom. The zero-order valence-corrected chi connectivity index (χ0v) is 18.3. The van der Waals surface area contributed by atoms with Crippen LogP contribution in [0.4, 0.5) is 17.3 Å². The van der Waals surface area contributed by atoms with Crippen LogP contribution in [-0.4, -0.2) is 47.0 Å². The molecule has 166 valence electrons. The third-order valence-corrected chi connectivity index (χ3v) is 5.70. The first-order chi connectivity index (χ1) is 16.2. The van der Waals surface area contributed by atoms with Gasteiger partial charge >= 0.3 is 0 Å². The first-order valence-corrected chi connectivity index (χ1v) is 11.0. The Morgan fingerprint density at radius 2 is 1.97 bits per heavy atom. The van der Waals surface area contributed by atoms with Crippen LogP contribution < -0.4 is 10.2 Å². The molecule has 4 aromatic rings. The number of aromatic nitrogens is 3. The number of carbonyl (C=O) groups excluding carboxylic acids is 1. The number of H-pyrrole nitrogens is 1. The summed E-state index contributed by atoms with van der Waals surface area (Å²) in [4.78, 5) is 26.8. The summed E-state index contributed by atoms with van der Waals surface area (Å²) in [5.74, 6) is 0.496. The van der Waals surface area contributed by atoms with Gasteiger partial charge in [-0.3, -0.25) is 4.79 Å². The molecular formula is C26H25N5O2. The van der Waals surface area contributed by atoms with Crippen molar-refractivity contribution in [2.75, 3.05) is 36.5 Å². The van der Waals surface area contributed by atoms with E-state index >= 15 is 0 Å². The molecule has 1 aliphatic rings. The van der Waals surface area contributed by atoms with Crippen molar-refractivity contribution >= 4 is 34.1 Å². The highest BCUT2D eigenvalue weighted by molar-refractivity contribution is 5.93. The lowest BCUT2D eigenvalue weighted by molar-refractivity contribution is -0.114. The Hall–Kier alpha value is -3.97. The summed E-state index contributed by atoms with van der Waals surface area (Å²) in [6.45, 7) is 6.81. The maximum Gasteiger partial charge on any atom is 0.229 e. The number of nitrogens with zero attached hydrogens (tertiary/aromatic N) is 3. The number of anilines is 3. The van der Waals surface area contributed by atoms with Crippen LogP contribution in [0.3, 0.4) is 0 Å². The van der Waals surface area contributed by atoms with Crippen LogP contribution in [0, 0.1) is 0 Å². The molecule has 0 unspecified atom stereocenters. The van der Waals surface area contributed by atoms with Crippen molar-refractivity contribution in [3.05, 3.63) is 79.0 Å². The molecule has 5 rings (SSSR count). The van der Waals surface area contributed by atoms with E-state index < -0.39 is 0 Å². The fourth-order valence-electron chi connectivity index (χ4n) is 4.05. The monoisotopic (exact) mass is 439 g/mol. The van der Waals surface area contributed by atoms with Crippen molar-refractivity contribution in [3.63, 3.8) is 0 Å². The number of hydrogen-bond donors (Lipinski definition) is 2. The molecule has 0 bridgehead atoms. The number of hydrogen-bond acceptors (Lipinski definition) is 6. The predicted molar refractivity (Wildman–Crippen MR) is 131 cm³/mol. The molecular weight excluding hydrogens is 414 g/mol. The molecule has 1 aliphatic heterocycles. The van der Waals surface area contributed by atoms with Gasteiger partial charge in [0, 0.05) is 48.0 Å². The molecule has 7 nitrogen and oxygen atoms in total. The quantitative estimate of drug-likeness (QED) is 0.413. The number of ketones is 1. The van der Waals surface area contributed by atoms with Gasteiger partial charge in [0.25, 0.3) is 0 Å². The third-order valence-electron chi connectivity index (χ3n) is 5.70. The Labute approximate surface area is 192 Å². The van der Waals surface area contributed by atoms with Crippen molar-refractivity contribution in [1.82, 2.24) is 15.0 Å². The summed E-state index contributed by atoms with van der Waals surface area (Å²) in [5.41, 5.74) is 5.47. The predicted octanol–water partition coefficient (Wildman–Crippen LogP) is 4.50. The van der Waals surface area contributed by atoms with Crippen LogP contribution in [0.25, 0.3) is 22.3 Å². The highest BCUT2D eigenvalue weighted by atomic mass is 16.5. The fraction of sp³-hybridized carbons (Fsp3) is 0.192. The number of aromatic amines is 1. The van der Waals surface area contributed by atoms with E-state index in [2.05, 4.69) is 38.9 Å². The molecule has 0 saturated carbocycles. The minimum atomic E-state index is -0.0101. The minimum Gasteiger partial charge on any atom is -0.378 e. The van der Waals surface area contributed by atoms with Gasteiger partial charge in [-0.2, -0.15) is 4.98 Å². The molecule has 0 atom stereocenters. The van der Waals surface area contributed by atoms with E-state index in [9.17, 15) is 4.79 Å². The van der Waals surface area contributed by atoms with Gasteiger partial charge in [0.2, 0.25) is 5.95 Å². The number of allylic oxidation sites excluding steroid dienone is 1. The van der Waals surface area contributed by atoms with E-state index in [1.54, 1.807) is 0 Å². The van der Waals surface area contributed by atoms with Crippen molar-refractivity contribution in [3.8, 4) is 11.3 Å². The van der Waals surface area contributed by atoms with Gasteiger partial charge in [-0.15, -0.1) is 0 Å². The normalized spacial score (nSPS) is 13.8. The molecule has 33 heavy (non-hydrogen) atoms. The first kappa shape index (κ1) is 20.9. The Bertz CT molecular complexity index is 1310.